The highest BCUT2D eigenvalue weighted by molar-refractivity contribution is 7.99. The van der Waals surface area contributed by atoms with E-state index < -0.39 is 0 Å². The number of rotatable bonds is 5. The molecule has 2 heterocycles. The molecule has 3 aliphatic rings. The van der Waals surface area contributed by atoms with Gasteiger partial charge in [0, 0.05) is 12.6 Å². The summed E-state index contributed by atoms with van der Waals surface area (Å²) in [6.45, 7) is 7.18. The predicted molar refractivity (Wildman–Crippen MR) is 87.4 cm³/mol. The maximum absolute atomic E-state index is 6.26. The normalized spacial score (nSPS) is 30.6. The molecular weight excluding hydrogens is 266 g/mol. The van der Waals surface area contributed by atoms with Crippen molar-refractivity contribution in [3.05, 3.63) is 0 Å². The van der Waals surface area contributed by atoms with Crippen molar-refractivity contribution in [1.29, 1.82) is 0 Å². The summed E-state index contributed by atoms with van der Waals surface area (Å²) in [6, 6.07) is 0.849. The fraction of sp³-hybridized carbons (Fsp3) is 1.00. The van der Waals surface area contributed by atoms with E-state index in [0.717, 1.165) is 18.6 Å². The Bertz CT molecular complexity index is 315. The first kappa shape index (κ1) is 15.2. The highest BCUT2D eigenvalue weighted by Crippen LogP contribution is 2.46. The topological polar surface area (TPSA) is 21.3 Å². The van der Waals surface area contributed by atoms with Gasteiger partial charge in [0.15, 0.2) is 0 Å². The van der Waals surface area contributed by atoms with Crippen molar-refractivity contribution in [3.63, 3.8) is 0 Å². The smallest absolute Gasteiger partial charge is 0.0701 e. The first-order valence-electron chi connectivity index (χ1n) is 8.55. The van der Waals surface area contributed by atoms with Gasteiger partial charge in [0.1, 0.15) is 0 Å². The van der Waals surface area contributed by atoms with Gasteiger partial charge in [-0.15, -0.1) is 0 Å². The molecule has 1 atom stereocenters. The molecule has 2 saturated heterocycles. The van der Waals surface area contributed by atoms with Gasteiger partial charge >= 0.3 is 0 Å². The lowest BCUT2D eigenvalue weighted by atomic mass is 9.67. The van der Waals surface area contributed by atoms with Crippen LogP contribution in [0.3, 0.4) is 0 Å². The Morgan fingerprint density at radius 1 is 1.20 bits per heavy atom. The molecule has 3 heteroatoms. The number of ether oxygens (including phenoxy) is 1. The van der Waals surface area contributed by atoms with E-state index in [0.29, 0.717) is 5.41 Å². The molecule has 1 spiro atoms. The largest absolute Gasteiger partial charge is 0.375 e. The van der Waals surface area contributed by atoms with E-state index in [-0.39, 0.29) is 5.60 Å². The number of hydrogen-bond acceptors (Lipinski definition) is 3. The minimum Gasteiger partial charge on any atom is -0.375 e. The molecule has 3 fully saturated rings. The zero-order valence-corrected chi connectivity index (χ0v) is 14.1. The highest BCUT2D eigenvalue weighted by atomic mass is 32.2. The van der Waals surface area contributed by atoms with Crippen LogP contribution in [0, 0.1) is 11.3 Å². The van der Waals surface area contributed by atoms with Crippen molar-refractivity contribution >= 4 is 11.8 Å². The molecule has 0 amide bonds. The van der Waals surface area contributed by atoms with E-state index in [4.69, 9.17) is 4.74 Å². The van der Waals surface area contributed by atoms with Gasteiger partial charge in [-0.2, -0.15) is 11.8 Å². The summed E-state index contributed by atoms with van der Waals surface area (Å²) >= 11 is 2.11. The predicted octanol–water partition coefficient (Wildman–Crippen LogP) is 3.85. The molecule has 0 aromatic rings. The monoisotopic (exact) mass is 297 g/mol. The van der Waals surface area contributed by atoms with Gasteiger partial charge in [-0.25, -0.2) is 0 Å². The molecule has 2 nitrogen and oxygen atoms in total. The molecule has 116 valence electrons. The van der Waals surface area contributed by atoms with Crippen LogP contribution in [0.25, 0.3) is 0 Å². The third kappa shape index (κ3) is 3.72. The number of thioether (sulfide) groups is 1. The molecule has 0 aromatic heterocycles. The molecular formula is C17H31NOS. The van der Waals surface area contributed by atoms with E-state index >= 15 is 0 Å². The molecule has 0 bridgehead atoms. The average molecular weight is 298 g/mol. The lowest BCUT2D eigenvalue weighted by Gasteiger charge is -2.48. The lowest BCUT2D eigenvalue weighted by Crippen LogP contribution is -2.46. The zero-order chi connectivity index (χ0) is 14.1. The zero-order valence-electron chi connectivity index (χ0n) is 13.2. The second kappa shape index (κ2) is 6.18. The SMILES string of the molecule is CC(C)(CCNC1CC1)C1CCOC2(CCSCC2)C1. The first-order chi connectivity index (χ1) is 9.60. The van der Waals surface area contributed by atoms with Crippen LogP contribution in [0.4, 0.5) is 0 Å². The Labute approximate surface area is 128 Å². The summed E-state index contributed by atoms with van der Waals surface area (Å²) in [7, 11) is 0. The molecule has 1 N–H and O–H groups in total. The minimum absolute atomic E-state index is 0.245. The molecule has 1 saturated carbocycles. The van der Waals surface area contributed by atoms with E-state index in [1.165, 1.54) is 63.0 Å². The van der Waals surface area contributed by atoms with Crippen molar-refractivity contribution in [2.24, 2.45) is 11.3 Å². The van der Waals surface area contributed by atoms with Crippen LogP contribution in [0.1, 0.15) is 58.8 Å². The van der Waals surface area contributed by atoms with Crippen LogP contribution < -0.4 is 5.32 Å². The molecule has 3 rings (SSSR count). The van der Waals surface area contributed by atoms with Crippen molar-refractivity contribution < 1.29 is 4.74 Å². The quantitative estimate of drug-likeness (QED) is 0.833. The van der Waals surface area contributed by atoms with Crippen LogP contribution >= 0.6 is 11.8 Å². The van der Waals surface area contributed by atoms with Crippen molar-refractivity contribution in [3.8, 4) is 0 Å². The second-order valence-electron chi connectivity index (χ2n) is 7.80. The Kier molecular flexibility index (Phi) is 4.69. The third-order valence-corrected chi connectivity index (χ3v) is 6.77. The minimum atomic E-state index is 0.245. The Morgan fingerprint density at radius 3 is 2.65 bits per heavy atom. The Morgan fingerprint density at radius 2 is 1.95 bits per heavy atom. The van der Waals surface area contributed by atoms with E-state index in [2.05, 4.69) is 30.9 Å². The van der Waals surface area contributed by atoms with Crippen LogP contribution in [0.2, 0.25) is 0 Å². The van der Waals surface area contributed by atoms with E-state index in [1.54, 1.807) is 0 Å². The van der Waals surface area contributed by atoms with Crippen LogP contribution in [0.15, 0.2) is 0 Å². The molecule has 0 radical (unpaired) electrons. The third-order valence-electron chi connectivity index (χ3n) is 5.78. The summed E-state index contributed by atoms with van der Waals surface area (Å²) in [6.07, 6.45) is 9.26. The molecule has 1 aliphatic carbocycles. The maximum atomic E-state index is 6.26. The van der Waals surface area contributed by atoms with Gasteiger partial charge in [-0.05, 0) is 74.3 Å². The lowest BCUT2D eigenvalue weighted by molar-refractivity contribution is -0.121. The first-order valence-corrected chi connectivity index (χ1v) is 9.70. The van der Waals surface area contributed by atoms with Gasteiger partial charge in [0.05, 0.1) is 5.60 Å². The maximum Gasteiger partial charge on any atom is 0.0701 e. The number of nitrogens with one attached hydrogen (secondary N) is 1. The summed E-state index contributed by atoms with van der Waals surface area (Å²) in [5.41, 5.74) is 0.707. The second-order valence-corrected chi connectivity index (χ2v) is 9.03. The van der Waals surface area contributed by atoms with Crippen molar-refractivity contribution in [2.45, 2.75) is 70.4 Å². The molecule has 20 heavy (non-hydrogen) atoms. The van der Waals surface area contributed by atoms with Gasteiger partial charge in [0.25, 0.3) is 0 Å². The van der Waals surface area contributed by atoms with Crippen molar-refractivity contribution in [2.75, 3.05) is 24.7 Å². The molecule has 2 aliphatic heterocycles. The van der Waals surface area contributed by atoms with Crippen LogP contribution in [0.5, 0.6) is 0 Å². The standard InChI is InChI=1S/C17H31NOS/c1-16(2,6-9-18-15-3-4-15)14-5-10-19-17(13-14)7-11-20-12-8-17/h14-15,18H,3-13H2,1-2H3. The number of hydrogen-bond donors (Lipinski definition) is 1. The Balaban J connectivity index is 1.53. The van der Waals surface area contributed by atoms with Crippen molar-refractivity contribution in [1.82, 2.24) is 5.32 Å². The Hall–Kier alpha value is 0.270. The van der Waals surface area contributed by atoms with Gasteiger partial charge < -0.3 is 10.1 Å². The average Bonchev–Trinajstić information content (AvgIpc) is 3.24. The summed E-state index contributed by atoms with van der Waals surface area (Å²) in [5, 5.41) is 3.69. The summed E-state index contributed by atoms with van der Waals surface area (Å²) in [5.74, 6) is 3.45. The van der Waals surface area contributed by atoms with E-state index in [9.17, 15) is 0 Å². The molecule has 1 unspecified atom stereocenters. The highest BCUT2D eigenvalue weighted by Gasteiger charge is 2.43. The summed E-state index contributed by atoms with van der Waals surface area (Å²) < 4.78 is 6.26. The summed E-state index contributed by atoms with van der Waals surface area (Å²) in [4.78, 5) is 0. The van der Waals surface area contributed by atoms with Crippen LogP contribution in [-0.4, -0.2) is 36.3 Å². The van der Waals surface area contributed by atoms with Gasteiger partial charge in [0.2, 0.25) is 0 Å². The fourth-order valence-electron chi connectivity index (χ4n) is 3.88. The van der Waals surface area contributed by atoms with Crippen LogP contribution in [-0.2, 0) is 4.74 Å². The molecule has 0 aromatic carbocycles. The van der Waals surface area contributed by atoms with E-state index in [1.807, 2.05) is 0 Å². The van der Waals surface area contributed by atoms with Gasteiger partial charge in [-0.3, -0.25) is 0 Å². The fourth-order valence-corrected chi connectivity index (χ4v) is 5.11. The van der Waals surface area contributed by atoms with Gasteiger partial charge in [-0.1, -0.05) is 13.8 Å².